The maximum absolute atomic E-state index is 10.9. The first-order valence-electron chi connectivity index (χ1n) is 4.94. The third kappa shape index (κ3) is 2.75. The number of ether oxygens (including phenoxy) is 1. The van der Waals surface area contributed by atoms with Gasteiger partial charge in [-0.25, -0.2) is 9.97 Å². The van der Waals surface area contributed by atoms with E-state index in [9.17, 15) is 10.1 Å². The van der Waals surface area contributed by atoms with Crippen LogP contribution in [-0.4, -0.2) is 14.9 Å². The largest absolute Gasteiger partial charge is 0.429 e. The molecular weight excluding hydrogens is 272 g/mol. The average molecular weight is 277 g/mol. The first-order valence-corrected chi connectivity index (χ1v) is 5.32. The van der Waals surface area contributed by atoms with E-state index in [-0.39, 0.29) is 28.0 Å². The van der Waals surface area contributed by atoms with Gasteiger partial charge in [0.05, 0.1) is 16.6 Å². The highest BCUT2D eigenvalue weighted by Crippen LogP contribution is 2.33. The van der Waals surface area contributed by atoms with Crippen LogP contribution in [0, 0.1) is 21.4 Å². The van der Waals surface area contributed by atoms with Crippen LogP contribution in [0.25, 0.3) is 0 Å². The molecule has 19 heavy (non-hydrogen) atoms. The van der Waals surface area contributed by atoms with Crippen LogP contribution in [0.1, 0.15) is 5.56 Å². The zero-order chi connectivity index (χ0) is 13.8. The zero-order valence-corrected chi connectivity index (χ0v) is 10.0. The number of hydrogen-bond acceptors (Lipinski definition) is 6. The van der Waals surface area contributed by atoms with Gasteiger partial charge in [-0.3, -0.25) is 10.1 Å². The minimum Gasteiger partial charge on any atom is -0.429 e. The van der Waals surface area contributed by atoms with Crippen LogP contribution >= 0.6 is 11.6 Å². The Bertz CT molecular complexity index is 684. The Morgan fingerprint density at radius 2 is 2.11 bits per heavy atom. The summed E-state index contributed by atoms with van der Waals surface area (Å²) < 4.78 is 5.24. The highest BCUT2D eigenvalue weighted by Gasteiger charge is 2.18. The van der Waals surface area contributed by atoms with Crippen LogP contribution in [0.2, 0.25) is 5.15 Å². The van der Waals surface area contributed by atoms with Crippen molar-refractivity contribution < 1.29 is 9.66 Å². The summed E-state index contributed by atoms with van der Waals surface area (Å²) in [6.45, 7) is 0. The molecule has 8 heteroatoms. The molecule has 0 unspecified atom stereocenters. The molecule has 7 nitrogen and oxygen atoms in total. The van der Waals surface area contributed by atoms with Gasteiger partial charge >= 0.3 is 5.69 Å². The molecule has 0 fully saturated rings. The third-order valence-corrected chi connectivity index (χ3v) is 2.37. The number of aromatic nitrogens is 2. The maximum atomic E-state index is 10.9. The Kier molecular flexibility index (Phi) is 3.54. The average Bonchev–Trinajstić information content (AvgIpc) is 2.41. The van der Waals surface area contributed by atoms with Crippen molar-refractivity contribution in [2.24, 2.45) is 0 Å². The Balaban J connectivity index is 2.43. The van der Waals surface area contributed by atoms with Crippen LogP contribution in [0.4, 0.5) is 5.69 Å². The van der Waals surface area contributed by atoms with Crippen molar-refractivity contribution in [2.45, 2.75) is 0 Å². The molecule has 0 spiro atoms. The van der Waals surface area contributed by atoms with E-state index in [0.717, 1.165) is 6.07 Å². The van der Waals surface area contributed by atoms with Crippen molar-refractivity contribution in [3.8, 4) is 17.7 Å². The van der Waals surface area contributed by atoms with Crippen LogP contribution in [-0.2, 0) is 0 Å². The fourth-order valence-corrected chi connectivity index (χ4v) is 1.44. The van der Waals surface area contributed by atoms with Crippen molar-refractivity contribution in [3.63, 3.8) is 0 Å². The van der Waals surface area contributed by atoms with Gasteiger partial charge in [-0.15, -0.1) is 0 Å². The summed E-state index contributed by atoms with van der Waals surface area (Å²) in [6, 6.07) is 5.62. The number of nitro benzene ring substituents is 1. The van der Waals surface area contributed by atoms with E-state index in [1.807, 2.05) is 6.07 Å². The summed E-state index contributed by atoms with van der Waals surface area (Å²) >= 11 is 5.74. The summed E-state index contributed by atoms with van der Waals surface area (Å²) in [6.07, 6.45) is 2.71. The molecule has 1 heterocycles. The van der Waals surface area contributed by atoms with Gasteiger partial charge in [-0.05, 0) is 12.1 Å². The van der Waals surface area contributed by atoms with Gasteiger partial charge in [-0.2, -0.15) is 5.26 Å². The lowest BCUT2D eigenvalue weighted by Crippen LogP contribution is -1.96. The van der Waals surface area contributed by atoms with E-state index < -0.39 is 4.92 Å². The minimum atomic E-state index is -0.652. The smallest absolute Gasteiger partial charge is 0.312 e. The van der Waals surface area contributed by atoms with E-state index in [4.69, 9.17) is 21.6 Å². The van der Waals surface area contributed by atoms with Crippen molar-refractivity contribution in [2.75, 3.05) is 0 Å². The van der Waals surface area contributed by atoms with E-state index in [1.54, 1.807) is 0 Å². The lowest BCUT2D eigenvalue weighted by atomic mass is 10.2. The summed E-state index contributed by atoms with van der Waals surface area (Å²) in [5, 5.41) is 19.6. The number of nitriles is 1. The monoisotopic (exact) mass is 276 g/mol. The molecule has 2 aromatic rings. The second-order valence-electron chi connectivity index (χ2n) is 3.31. The second-order valence-corrected chi connectivity index (χ2v) is 3.66. The maximum Gasteiger partial charge on any atom is 0.312 e. The van der Waals surface area contributed by atoms with Crippen molar-refractivity contribution in [1.29, 1.82) is 5.26 Å². The predicted molar refractivity (Wildman–Crippen MR) is 64.9 cm³/mol. The van der Waals surface area contributed by atoms with Crippen LogP contribution in [0.15, 0.2) is 30.6 Å². The highest BCUT2D eigenvalue weighted by atomic mass is 35.5. The molecule has 0 aliphatic rings. The van der Waals surface area contributed by atoms with Gasteiger partial charge in [0.15, 0.2) is 5.15 Å². The first kappa shape index (κ1) is 12.7. The number of nitrogens with zero attached hydrogens (tertiary/aromatic N) is 4. The molecule has 94 valence electrons. The number of hydrogen-bond donors (Lipinski definition) is 0. The second kappa shape index (κ2) is 5.29. The van der Waals surface area contributed by atoms with E-state index >= 15 is 0 Å². The summed E-state index contributed by atoms with van der Waals surface area (Å²) in [5.41, 5.74) is -0.190. The van der Waals surface area contributed by atoms with Gasteiger partial charge in [-0.1, -0.05) is 11.6 Å². The SMILES string of the molecule is N#Cc1ccc(Oc2nccnc2Cl)c([N+](=O)[O-])c1. The third-order valence-electron chi connectivity index (χ3n) is 2.11. The molecule has 0 amide bonds. The van der Waals surface area contributed by atoms with Crippen molar-refractivity contribution in [3.05, 3.63) is 51.4 Å². The standard InChI is InChI=1S/C11H5ClN4O3/c12-10-11(15-4-3-14-10)19-9-2-1-7(6-13)5-8(9)16(17)18/h1-5H. The molecule has 1 aromatic carbocycles. The molecule has 0 aliphatic carbocycles. The molecule has 0 N–H and O–H groups in total. The zero-order valence-electron chi connectivity index (χ0n) is 9.28. The highest BCUT2D eigenvalue weighted by molar-refractivity contribution is 6.30. The fraction of sp³-hybridized carbons (Fsp3) is 0. The van der Waals surface area contributed by atoms with Gasteiger partial charge < -0.3 is 4.74 Å². The molecule has 0 aliphatic heterocycles. The molecule has 1 aromatic heterocycles. The Hall–Kier alpha value is -2.72. The molecule has 0 atom stereocenters. The van der Waals surface area contributed by atoms with Gasteiger partial charge in [0, 0.05) is 18.5 Å². The van der Waals surface area contributed by atoms with Gasteiger partial charge in [0.25, 0.3) is 5.88 Å². The minimum absolute atomic E-state index is 0.0128. The predicted octanol–water partition coefficient (Wildman–Crippen LogP) is 2.70. The first-order chi connectivity index (χ1) is 9.11. The Morgan fingerprint density at radius 3 is 2.74 bits per heavy atom. The van der Waals surface area contributed by atoms with E-state index in [2.05, 4.69) is 9.97 Å². The van der Waals surface area contributed by atoms with Gasteiger partial charge in [0.2, 0.25) is 5.75 Å². The normalized spacial score (nSPS) is 9.68. The summed E-state index contributed by atoms with van der Waals surface area (Å²) in [7, 11) is 0. The summed E-state index contributed by atoms with van der Waals surface area (Å²) in [5.74, 6) is -0.108. The molecule has 2 rings (SSSR count). The quantitative estimate of drug-likeness (QED) is 0.631. The van der Waals surface area contributed by atoms with E-state index in [0.29, 0.717) is 0 Å². The molecular formula is C11H5ClN4O3. The Morgan fingerprint density at radius 1 is 1.37 bits per heavy atom. The summed E-state index contributed by atoms with van der Waals surface area (Å²) in [4.78, 5) is 17.8. The Labute approximate surface area is 112 Å². The number of benzene rings is 1. The number of halogens is 1. The fourth-order valence-electron chi connectivity index (χ4n) is 1.30. The lowest BCUT2D eigenvalue weighted by Gasteiger charge is -2.05. The molecule has 0 saturated carbocycles. The van der Waals surface area contributed by atoms with Gasteiger partial charge in [0.1, 0.15) is 0 Å². The lowest BCUT2D eigenvalue weighted by molar-refractivity contribution is -0.385. The number of nitro groups is 1. The van der Waals surface area contributed by atoms with Crippen molar-refractivity contribution in [1.82, 2.24) is 9.97 Å². The number of rotatable bonds is 3. The molecule has 0 bridgehead atoms. The molecule has 0 saturated heterocycles. The van der Waals surface area contributed by atoms with Crippen LogP contribution in [0.5, 0.6) is 11.6 Å². The molecule has 0 radical (unpaired) electrons. The van der Waals surface area contributed by atoms with Crippen LogP contribution < -0.4 is 4.74 Å². The van der Waals surface area contributed by atoms with Crippen molar-refractivity contribution >= 4 is 17.3 Å². The topological polar surface area (TPSA) is 102 Å². The van der Waals surface area contributed by atoms with E-state index in [1.165, 1.54) is 24.5 Å². The van der Waals surface area contributed by atoms with Crippen LogP contribution in [0.3, 0.4) is 0 Å².